The van der Waals surface area contributed by atoms with Gasteiger partial charge < -0.3 is 5.11 Å². The summed E-state index contributed by atoms with van der Waals surface area (Å²) in [5, 5.41) is 10.4. The molecule has 5 heteroatoms. The molecule has 18 heavy (non-hydrogen) atoms. The lowest BCUT2D eigenvalue weighted by Gasteiger charge is -2.35. The van der Waals surface area contributed by atoms with Gasteiger partial charge in [-0.2, -0.15) is 11.8 Å². The number of aliphatic hydroxyl groups excluding tert-OH is 1. The zero-order valence-electron chi connectivity index (χ0n) is 10.3. The van der Waals surface area contributed by atoms with Crippen molar-refractivity contribution in [2.24, 2.45) is 0 Å². The molecule has 0 radical (unpaired) electrons. The predicted molar refractivity (Wildman–Crippen MR) is 74.9 cm³/mol. The van der Waals surface area contributed by atoms with E-state index < -0.39 is 11.9 Å². The number of thioether (sulfide) groups is 1. The van der Waals surface area contributed by atoms with E-state index in [1.54, 1.807) is 12.1 Å². The SMILES string of the molecule is CN1CCSCC1C(O)Cc1cccc(Cl)c1F. The number of hydrogen-bond donors (Lipinski definition) is 1. The van der Waals surface area contributed by atoms with E-state index in [4.69, 9.17) is 11.6 Å². The van der Waals surface area contributed by atoms with Gasteiger partial charge in [-0.15, -0.1) is 0 Å². The van der Waals surface area contributed by atoms with Crippen LogP contribution in [0.1, 0.15) is 5.56 Å². The Kier molecular flexibility index (Phi) is 4.90. The van der Waals surface area contributed by atoms with Crippen LogP contribution in [0.25, 0.3) is 0 Å². The average molecular weight is 290 g/mol. The van der Waals surface area contributed by atoms with Crippen LogP contribution in [-0.4, -0.2) is 47.3 Å². The molecule has 0 saturated carbocycles. The summed E-state index contributed by atoms with van der Waals surface area (Å²) in [7, 11) is 2.00. The Balaban J connectivity index is 2.06. The highest BCUT2D eigenvalue weighted by Gasteiger charge is 2.27. The molecule has 2 atom stereocenters. The van der Waals surface area contributed by atoms with Gasteiger partial charge in [0.2, 0.25) is 0 Å². The summed E-state index contributed by atoms with van der Waals surface area (Å²) in [5.74, 6) is 1.56. The van der Waals surface area contributed by atoms with Crippen molar-refractivity contribution in [1.29, 1.82) is 0 Å². The largest absolute Gasteiger partial charge is 0.391 e. The fraction of sp³-hybridized carbons (Fsp3) is 0.538. The van der Waals surface area contributed by atoms with E-state index in [1.807, 2.05) is 18.8 Å². The van der Waals surface area contributed by atoms with Crippen LogP contribution in [-0.2, 0) is 6.42 Å². The Morgan fingerprint density at radius 1 is 1.61 bits per heavy atom. The van der Waals surface area contributed by atoms with Gasteiger partial charge in [-0.3, -0.25) is 4.90 Å². The molecule has 0 spiro atoms. The number of hydrogen-bond acceptors (Lipinski definition) is 3. The fourth-order valence-electron chi connectivity index (χ4n) is 2.18. The quantitative estimate of drug-likeness (QED) is 0.924. The molecule has 0 amide bonds. The first-order valence-electron chi connectivity index (χ1n) is 5.98. The maximum absolute atomic E-state index is 13.8. The Bertz CT molecular complexity index is 418. The van der Waals surface area contributed by atoms with Crippen molar-refractivity contribution in [1.82, 2.24) is 4.90 Å². The average Bonchev–Trinajstić information content (AvgIpc) is 2.35. The Labute approximate surface area is 116 Å². The first-order chi connectivity index (χ1) is 8.59. The Hall–Kier alpha value is -0.290. The first kappa shape index (κ1) is 14.1. The number of benzene rings is 1. The van der Waals surface area contributed by atoms with Crippen molar-refractivity contribution < 1.29 is 9.50 Å². The van der Waals surface area contributed by atoms with Crippen molar-refractivity contribution in [3.63, 3.8) is 0 Å². The predicted octanol–water partition coefficient (Wildman–Crippen LogP) is 2.43. The molecule has 0 aromatic heterocycles. The molecule has 2 nitrogen and oxygen atoms in total. The van der Waals surface area contributed by atoms with Crippen molar-refractivity contribution >= 4 is 23.4 Å². The van der Waals surface area contributed by atoms with Gasteiger partial charge in [0.1, 0.15) is 5.82 Å². The minimum absolute atomic E-state index is 0.0853. The van der Waals surface area contributed by atoms with Gasteiger partial charge in [-0.25, -0.2) is 4.39 Å². The van der Waals surface area contributed by atoms with Gasteiger partial charge in [0, 0.05) is 30.5 Å². The maximum atomic E-state index is 13.8. The first-order valence-corrected chi connectivity index (χ1v) is 7.52. The second kappa shape index (κ2) is 6.24. The third-order valence-corrected chi connectivity index (χ3v) is 4.69. The molecule has 1 N–H and O–H groups in total. The molecule has 100 valence electrons. The molecule has 1 saturated heterocycles. The van der Waals surface area contributed by atoms with Crippen LogP contribution in [0.4, 0.5) is 4.39 Å². The summed E-state index contributed by atoms with van der Waals surface area (Å²) in [6, 6.07) is 5.00. The molecule has 1 heterocycles. The normalized spacial score (nSPS) is 23.0. The molecule has 0 bridgehead atoms. The number of likely N-dealkylation sites (N-methyl/N-ethyl adjacent to an activating group) is 1. The van der Waals surface area contributed by atoms with Crippen LogP contribution in [0.2, 0.25) is 5.02 Å². The lowest BCUT2D eigenvalue weighted by atomic mass is 10.0. The molecular formula is C13H17ClFNOS. The van der Waals surface area contributed by atoms with E-state index in [-0.39, 0.29) is 11.1 Å². The summed E-state index contributed by atoms with van der Waals surface area (Å²) < 4.78 is 13.8. The van der Waals surface area contributed by atoms with Crippen molar-refractivity contribution in [2.75, 3.05) is 25.1 Å². The van der Waals surface area contributed by atoms with Crippen molar-refractivity contribution in [3.8, 4) is 0 Å². The monoisotopic (exact) mass is 289 g/mol. The van der Waals surface area contributed by atoms with Crippen molar-refractivity contribution in [3.05, 3.63) is 34.6 Å². The van der Waals surface area contributed by atoms with E-state index in [9.17, 15) is 9.50 Å². The zero-order chi connectivity index (χ0) is 13.1. The lowest BCUT2D eigenvalue weighted by Crippen LogP contribution is -2.47. The van der Waals surface area contributed by atoms with Gasteiger partial charge >= 0.3 is 0 Å². The third kappa shape index (κ3) is 3.18. The molecular weight excluding hydrogens is 273 g/mol. The van der Waals surface area contributed by atoms with Crippen molar-refractivity contribution in [2.45, 2.75) is 18.6 Å². The van der Waals surface area contributed by atoms with Gasteiger partial charge in [0.15, 0.2) is 0 Å². The zero-order valence-corrected chi connectivity index (χ0v) is 11.8. The summed E-state index contributed by atoms with van der Waals surface area (Å²) in [4.78, 5) is 2.14. The summed E-state index contributed by atoms with van der Waals surface area (Å²) >= 11 is 7.57. The molecule has 0 aliphatic carbocycles. The van der Waals surface area contributed by atoms with Crippen LogP contribution >= 0.6 is 23.4 Å². The number of aliphatic hydroxyl groups is 1. The van der Waals surface area contributed by atoms with Gasteiger partial charge in [-0.05, 0) is 18.7 Å². The highest BCUT2D eigenvalue weighted by molar-refractivity contribution is 7.99. The van der Waals surface area contributed by atoms with E-state index in [0.29, 0.717) is 12.0 Å². The van der Waals surface area contributed by atoms with Crippen LogP contribution < -0.4 is 0 Å². The Morgan fingerprint density at radius 2 is 2.39 bits per heavy atom. The summed E-state index contributed by atoms with van der Waals surface area (Å²) in [6.07, 6.45) is -0.252. The van der Waals surface area contributed by atoms with E-state index in [2.05, 4.69) is 4.90 Å². The van der Waals surface area contributed by atoms with Crippen LogP contribution in [0.3, 0.4) is 0 Å². The second-order valence-electron chi connectivity index (χ2n) is 4.61. The van der Waals surface area contributed by atoms with E-state index >= 15 is 0 Å². The highest BCUT2D eigenvalue weighted by Crippen LogP contribution is 2.23. The molecule has 2 unspecified atom stereocenters. The summed E-state index contributed by atoms with van der Waals surface area (Å²) in [6.45, 7) is 0.963. The number of halogens is 2. The van der Waals surface area contributed by atoms with Crippen LogP contribution in [0, 0.1) is 5.82 Å². The van der Waals surface area contributed by atoms with Crippen LogP contribution in [0.5, 0.6) is 0 Å². The molecule has 1 aliphatic heterocycles. The molecule has 1 aromatic rings. The van der Waals surface area contributed by atoms with Crippen LogP contribution in [0.15, 0.2) is 18.2 Å². The topological polar surface area (TPSA) is 23.5 Å². The molecule has 1 aromatic carbocycles. The number of rotatable bonds is 3. The van der Waals surface area contributed by atoms with E-state index in [1.165, 1.54) is 6.07 Å². The number of nitrogens with zero attached hydrogens (tertiary/aromatic N) is 1. The van der Waals surface area contributed by atoms with E-state index in [0.717, 1.165) is 18.1 Å². The highest BCUT2D eigenvalue weighted by atomic mass is 35.5. The summed E-state index contributed by atoms with van der Waals surface area (Å²) in [5.41, 5.74) is 0.485. The third-order valence-electron chi connectivity index (χ3n) is 3.35. The second-order valence-corrected chi connectivity index (χ2v) is 6.16. The Morgan fingerprint density at radius 3 is 3.11 bits per heavy atom. The van der Waals surface area contributed by atoms with Gasteiger partial charge in [0.05, 0.1) is 11.1 Å². The molecule has 1 fully saturated rings. The minimum Gasteiger partial charge on any atom is -0.391 e. The van der Waals surface area contributed by atoms with Gasteiger partial charge in [-0.1, -0.05) is 23.7 Å². The smallest absolute Gasteiger partial charge is 0.145 e. The maximum Gasteiger partial charge on any atom is 0.145 e. The minimum atomic E-state index is -0.559. The molecule has 2 rings (SSSR count). The lowest BCUT2D eigenvalue weighted by molar-refractivity contribution is 0.0757. The fourth-order valence-corrected chi connectivity index (χ4v) is 3.67. The molecule has 1 aliphatic rings. The van der Waals surface area contributed by atoms with Gasteiger partial charge in [0.25, 0.3) is 0 Å². The standard InChI is InChI=1S/C13H17ClFNOS/c1-16-5-6-18-8-11(16)12(17)7-9-3-2-4-10(14)13(9)15/h2-4,11-12,17H,5-8H2,1H3.